The van der Waals surface area contributed by atoms with Crippen LogP contribution in [0.1, 0.15) is 76.3 Å². The first-order valence-electron chi connectivity index (χ1n) is 12.1. The molecule has 0 atom stereocenters. The molecule has 7 heteroatoms. The maximum absolute atomic E-state index is 11.2. The summed E-state index contributed by atoms with van der Waals surface area (Å²) in [5.41, 5.74) is 8.33. The standard InChI is InChI=1S/C25H41N5O.HI/c1-4-27-24(29-22-11-15-30(16-12-22)17-23(26)31)28-18-25(13-5-6-14-25)21-9-7-20(8-10-21)19(2)3;/h7-10,19,22H,4-6,11-18H2,1-3H3,(H2,26,31)(H2,27,28,29);1H. The number of nitrogens with zero attached hydrogens (tertiary/aromatic N) is 2. The fourth-order valence-corrected chi connectivity index (χ4v) is 5.01. The van der Waals surface area contributed by atoms with E-state index in [-0.39, 0.29) is 35.3 Å². The van der Waals surface area contributed by atoms with E-state index < -0.39 is 0 Å². The van der Waals surface area contributed by atoms with Crippen LogP contribution in [-0.4, -0.2) is 55.5 Å². The van der Waals surface area contributed by atoms with Gasteiger partial charge >= 0.3 is 0 Å². The second-order valence-electron chi connectivity index (χ2n) is 9.62. The fourth-order valence-electron chi connectivity index (χ4n) is 5.01. The number of guanidine groups is 1. The summed E-state index contributed by atoms with van der Waals surface area (Å²) in [7, 11) is 0. The van der Waals surface area contributed by atoms with Crippen LogP contribution < -0.4 is 16.4 Å². The Hall–Kier alpha value is -1.35. The van der Waals surface area contributed by atoms with E-state index in [0.29, 0.717) is 18.5 Å². The Kier molecular flexibility index (Phi) is 10.7. The van der Waals surface area contributed by atoms with E-state index in [9.17, 15) is 4.79 Å². The topological polar surface area (TPSA) is 82.8 Å². The molecule has 0 bridgehead atoms. The molecule has 1 aromatic rings. The highest BCUT2D eigenvalue weighted by atomic mass is 127. The van der Waals surface area contributed by atoms with Crippen LogP contribution in [0.4, 0.5) is 0 Å². The summed E-state index contributed by atoms with van der Waals surface area (Å²) in [6.07, 6.45) is 6.98. The number of carbonyl (C=O) groups is 1. The normalized spacial score (nSPS) is 19.6. The van der Waals surface area contributed by atoms with E-state index in [1.807, 2.05) is 0 Å². The lowest BCUT2D eigenvalue weighted by Crippen LogP contribution is -2.50. The molecule has 4 N–H and O–H groups in total. The second-order valence-corrected chi connectivity index (χ2v) is 9.62. The van der Waals surface area contributed by atoms with E-state index in [1.165, 1.54) is 36.8 Å². The summed E-state index contributed by atoms with van der Waals surface area (Å²) in [5.74, 6) is 1.23. The highest BCUT2D eigenvalue weighted by Gasteiger charge is 2.35. The van der Waals surface area contributed by atoms with Crippen LogP contribution >= 0.6 is 24.0 Å². The van der Waals surface area contributed by atoms with Crippen LogP contribution in [0.3, 0.4) is 0 Å². The number of hydrogen-bond donors (Lipinski definition) is 3. The van der Waals surface area contributed by atoms with Crippen molar-refractivity contribution in [3.05, 3.63) is 35.4 Å². The van der Waals surface area contributed by atoms with Crippen molar-refractivity contribution in [1.82, 2.24) is 15.5 Å². The Morgan fingerprint density at radius 3 is 2.34 bits per heavy atom. The van der Waals surface area contributed by atoms with E-state index in [4.69, 9.17) is 10.7 Å². The molecule has 1 aliphatic heterocycles. The molecule has 180 valence electrons. The van der Waals surface area contributed by atoms with Gasteiger partial charge in [-0.3, -0.25) is 14.7 Å². The van der Waals surface area contributed by atoms with Gasteiger partial charge in [0.05, 0.1) is 13.1 Å². The molecule has 0 aromatic heterocycles. The molecule has 0 unspecified atom stereocenters. The van der Waals surface area contributed by atoms with E-state index >= 15 is 0 Å². The van der Waals surface area contributed by atoms with Crippen LogP contribution in [0, 0.1) is 0 Å². The zero-order chi connectivity index (χ0) is 22.3. The number of halogens is 1. The van der Waals surface area contributed by atoms with Gasteiger partial charge in [0.2, 0.25) is 5.91 Å². The smallest absolute Gasteiger partial charge is 0.231 e. The Bertz CT molecular complexity index is 735. The summed E-state index contributed by atoms with van der Waals surface area (Å²) in [5, 5.41) is 7.08. The predicted molar refractivity (Wildman–Crippen MR) is 144 cm³/mol. The predicted octanol–water partition coefficient (Wildman–Crippen LogP) is 3.74. The number of hydrogen-bond acceptors (Lipinski definition) is 3. The quantitative estimate of drug-likeness (QED) is 0.259. The molecule has 0 radical (unpaired) electrons. The van der Waals surface area contributed by atoms with Gasteiger partial charge in [-0.25, -0.2) is 0 Å². The zero-order valence-electron chi connectivity index (χ0n) is 20.0. The average Bonchev–Trinajstić information content (AvgIpc) is 3.23. The molecule has 0 spiro atoms. The Balaban J connectivity index is 0.00000363. The van der Waals surface area contributed by atoms with Gasteiger partial charge in [0.1, 0.15) is 0 Å². The van der Waals surface area contributed by atoms with Gasteiger partial charge in [0.15, 0.2) is 5.96 Å². The summed E-state index contributed by atoms with van der Waals surface area (Å²) < 4.78 is 0. The van der Waals surface area contributed by atoms with Crippen LogP contribution in [0.2, 0.25) is 0 Å². The molecule has 1 heterocycles. The number of rotatable bonds is 8. The number of carbonyl (C=O) groups excluding carboxylic acids is 1. The van der Waals surface area contributed by atoms with Gasteiger partial charge in [0.25, 0.3) is 0 Å². The first-order valence-corrected chi connectivity index (χ1v) is 12.1. The molecule has 1 aromatic carbocycles. The molecule has 1 amide bonds. The van der Waals surface area contributed by atoms with Crippen LogP contribution in [0.5, 0.6) is 0 Å². The summed E-state index contributed by atoms with van der Waals surface area (Å²) in [6.45, 7) is 10.4. The lowest BCUT2D eigenvalue weighted by atomic mass is 9.78. The number of nitrogens with one attached hydrogen (secondary N) is 2. The molecule has 32 heavy (non-hydrogen) atoms. The van der Waals surface area contributed by atoms with Gasteiger partial charge < -0.3 is 16.4 Å². The Morgan fingerprint density at radius 2 is 1.81 bits per heavy atom. The fraction of sp³-hybridized carbons (Fsp3) is 0.680. The number of benzene rings is 1. The molecule has 2 fully saturated rings. The van der Waals surface area contributed by atoms with Crippen molar-refractivity contribution >= 4 is 35.8 Å². The minimum Gasteiger partial charge on any atom is -0.369 e. The molecule has 1 aliphatic carbocycles. The third-order valence-electron chi connectivity index (χ3n) is 6.94. The highest BCUT2D eigenvalue weighted by molar-refractivity contribution is 14.0. The second kappa shape index (κ2) is 12.8. The van der Waals surface area contributed by atoms with E-state index in [1.54, 1.807) is 0 Å². The first kappa shape index (κ1) is 26.9. The zero-order valence-corrected chi connectivity index (χ0v) is 22.4. The number of likely N-dealkylation sites (tertiary alicyclic amines) is 1. The number of primary amides is 1. The highest BCUT2D eigenvalue weighted by Crippen LogP contribution is 2.41. The molecular weight excluding hydrogens is 513 g/mol. The molecule has 6 nitrogen and oxygen atoms in total. The molecule has 2 aliphatic rings. The minimum atomic E-state index is -0.246. The van der Waals surface area contributed by atoms with Gasteiger partial charge in [0, 0.05) is 31.1 Å². The van der Waals surface area contributed by atoms with Crippen molar-refractivity contribution in [1.29, 1.82) is 0 Å². The lowest BCUT2D eigenvalue weighted by molar-refractivity contribution is -0.119. The van der Waals surface area contributed by atoms with Crippen molar-refractivity contribution in [3.8, 4) is 0 Å². The lowest BCUT2D eigenvalue weighted by Gasteiger charge is -2.33. The molecule has 3 rings (SSSR count). The SMILES string of the molecule is CCNC(=NCC1(c2ccc(C(C)C)cc2)CCCC1)NC1CCN(CC(N)=O)CC1.I. The van der Waals surface area contributed by atoms with Crippen LogP contribution in [0.25, 0.3) is 0 Å². The van der Waals surface area contributed by atoms with Crippen LogP contribution in [0.15, 0.2) is 29.3 Å². The van der Waals surface area contributed by atoms with Gasteiger partial charge in [-0.15, -0.1) is 24.0 Å². The van der Waals surface area contributed by atoms with Crippen molar-refractivity contribution < 1.29 is 4.79 Å². The molecular formula is C25H42IN5O. The van der Waals surface area contributed by atoms with Crippen molar-refractivity contribution in [2.75, 3.05) is 32.7 Å². The van der Waals surface area contributed by atoms with Gasteiger partial charge in [-0.2, -0.15) is 0 Å². The van der Waals surface area contributed by atoms with Gasteiger partial charge in [-0.1, -0.05) is 51.0 Å². The minimum absolute atomic E-state index is 0. The summed E-state index contributed by atoms with van der Waals surface area (Å²) in [4.78, 5) is 18.4. The Labute approximate surface area is 211 Å². The molecule has 1 saturated heterocycles. The average molecular weight is 556 g/mol. The first-order chi connectivity index (χ1) is 14.9. The van der Waals surface area contributed by atoms with Crippen LogP contribution in [-0.2, 0) is 10.2 Å². The van der Waals surface area contributed by atoms with Gasteiger partial charge in [-0.05, 0) is 49.7 Å². The monoisotopic (exact) mass is 555 g/mol. The van der Waals surface area contributed by atoms with E-state index in [0.717, 1.165) is 45.0 Å². The van der Waals surface area contributed by atoms with Crippen molar-refractivity contribution in [2.24, 2.45) is 10.7 Å². The number of nitrogens with two attached hydrogens (primary N) is 1. The maximum atomic E-state index is 11.2. The largest absolute Gasteiger partial charge is 0.369 e. The third-order valence-corrected chi connectivity index (χ3v) is 6.94. The van der Waals surface area contributed by atoms with Crippen molar-refractivity contribution in [2.45, 2.75) is 76.7 Å². The number of amides is 1. The number of aliphatic imine (C=N–C) groups is 1. The summed E-state index contributed by atoms with van der Waals surface area (Å²) >= 11 is 0. The number of piperidine rings is 1. The Morgan fingerprint density at radius 1 is 1.19 bits per heavy atom. The molecule has 1 saturated carbocycles. The maximum Gasteiger partial charge on any atom is 0.231 e. The van der Waals surface area contributed by atoms with E-state index in [2.05, 4.69) is 60.6 Å². The van der Waals surface area contributed by atoms with Crippen molar-refractivity contribution in [3.63, 3.8) is 0 Å². The summed E-state index contributed by atoms with van der Waals surface area (Å²) in [6, 6.07) is 9.66. The third kappa shape index (κ3) is 7.33.